The number of likely N-dealkylation sites (tertiary alicyclic amines) is 1. The normalized spacial score (nSPS) is 22.9. The first-order valence-corrected chi connectivity index (χ1v) is 8.13. The summed E-state index contributed by atoms with van der Waals surface area (Å²) in [5, 5.41) is 6.08. The summed E-state index contributed by atoms with van der Waals surface area (Å²) in [5.74, 6) is 1.44. The van der Waals surface area contributed by atoms with Gasteiger partial charge in [0.1, 0.15) is 0 Å². The number of urea groups is 1. The topological polar surface area (TPSA) is 79.9 Å². The van der Waals surface area contributed by atoms with Crippen LogP contribution in [0.25, 0.3) is 0 Å². The van der Waals surface area contributed by atoms with E-state index in [9.17, 15) is 9.59 Å². The Morgan fingerprint density at radius 2 is 2.08 bits per heavy atom. The third-order valence-corrected chi connectivity index (χ3v) is 4.63. The van der Waals surface area contributed by atoms with E-state index in [0.717, 1.165) is 18.5 Å². The number of carbonyl (C=O) groups excluding carboxylic acids is 2. The minimum absolute atomic E-state index is 0.0793. The van der Waals surface area contributed by atoms with Crippen LogP contribution in [0.1, 0.15) is 12.0 Å². The number of methoxy groups -OCH3 is 2. The number of fused-ring (bicyclic) bond motifs is 2. The molecule has 2 N–H and O–H groups in total. The molecule has 3 amide bonds. The number of carbonyl (C=O) groups is 2. The van der Waals surface area contributed by atoms with Crippen molar-refractivity contribution in [2.45, 2.75) is 13.0 Å². The number of rotatable bonds is 4. The molecule has 130 valence electrons. The summed E-state index contributed by atoms with van der Waals surface area (Å²) in [4.78, 5) is 26.1. The molecule has 1 aromatic rings. The highest BCUT2D eigenvalue weighted by molar-refractivity contribution is 5.96. The van der Waals surface area contributed by atoms with Crippen LogP contribution in [0.4, 0.5) is 4.79 Å². The highest BCUT2D eigenvalue weighted by Gasteiger charge is 2.39. The maximum Gasteiger partial charge on any atom is 0.324 e. The molecule has 2 fully saturated rings. The quantitative estimate of drug-likeness (QED) is 0.859. The molecule has 1 aromatic carbocycles. The monoisotopic (exact) mass is 333 g/mol. The Morgan fingerprint density at radius 3 is 2.83 bits per heavy atom. The van der Waals surface area contributed by atoms with Gasteiger partial charge < -0.3 is 20.1 Å². The van der Waals surface area contributed by atoms with Crippen LogP contribution in [0.2, 0.25) is 0 Å². The molecular formula is C17H23N3O4. The number of imide groups is 1. The van der Waals surface area contributed by atoms with Crippen molar-refractivity contribution in [3.05, 3.63) is 23.8 Å². The van der Waals surface area contributed by atoms with E-state index in [2.05, 4.69) is 10.6 Å². The predicted molar refractivity (Wildman–Crippen MR) is 88.0 cm³/mol. The minimum Gasteiger partial charge on any atom is -0.493 e. The van der Waals surface area contributed by atoms with Gasteiger partial charge in [0.2, 0.25) is 5.91 Å². The molecule has 7 heteroatoms. The largest absolute Gasteiger partial charge is 0.493 e. The SMILES string of the molecule is COc1ccc(CNC(=O)N2CC3CNCC(C3)C2=O)cc1OC. The van der Waals surface area contributed by atoms with Gasteiger partial charge in [0.15, 0.2) is 11.5 Å². The Hall–Kier alpha value is -2.28. The van der Waals surface area contributed by atoms with Crippen molar-refractivity contribution in [2.75, 3.05) is 33.9 Å². The number of nitrogens with zero attached hydrogens (tertiary/aromatic N) is 1. The van der Waals surface area contributed by atoms with Crippen LogP contribution in [0.15, 0.2) is 18.2 Å². The van der Waals surface area contributed by atoms with E-state index in [4.69, 9.17) is 9.47 Å². The molecule has 2 aliphatic rings. The predicted octanol–water partition coefficient (Wildman–Crippen LogP) is 0.981. The molecule has 2 bridgehead atoms. The lowest BCUT2D eigenvalue weighted by atomic mass is 9.85. The van der Waals surface area contributed by atoms with Gasteiger partial charge in [-0.1, -0.05) is 6.07 Å². The molecule has 7 nitrogen and oxygen atoms in total. The van der Waals surface area contributed by atoms with Gasteiger partial charge in [-0.2, -0.15) is 0 Å². The zero-order valence-corrected chi connectivity index (χ0v) is 14.0. The van der Waals surface area contributed by atoms with E-state index in [0.29, 0.717) is 37.1 Å². The summed E-state index contributed by atoms with van der Waals surface area (Å²) < 4.78 is 10.5. The van der Waals surface area contributed by atoms with Gasteiger partial charge >= 0.3 is 6.03 Å². The summed E-state index contributed by atoms with van der Waals surface area (Å²) in [6.45, 7) is 2.34. The molecule has 0 aliphatic carbocycles. The van der Waals surface area contributed by atoms with E-state index in [1.165, 1.54) is 4.90 Å². The van der Waals surface area contributed by atoms with E-state index < -0.39 is 0 Å². The number of piperidine rings is 2. The van der Waals surface area contributed by atoms with Gasteiger partial charge in [0.05, 0.1) is 20.1 Å². The van der Waals surface area contributed by atoms with Crippen molar-refractivity contribution in [3.63, 3.8) is 0 Å². The molecule has 2 heterocycles. The van der Waals surface area contributed by atoms with Crippen LogP contribution in [0, 0.1) is 11.8 Å². The molecule has 0 saturated carbocycles. The first-order valence-electron chi connectivity index (χ1n) is 8.13. The van der Waals surface area contributed by atoms with Gasteiger partial charge in [0, 0.05) is 19.6 Å². The lowest BCUT2D eigenvalue weighted by Gasteiger charge is -2.39. The van der Waals surface area contributed by atoms with Crippen LogP contribution in [-0.4, -0.2) is 50.7 Å². The number of ether oxygens (including phenoxy) is 2. The number of nitrogens with one attached hydrogen (secondary N) is 2. The Labute approximate surface area is 141 Å². The van der Waals surface area contributed by atoms with E-state index in [1.54, 1.807) is 20.3 Å². The molecule has 2 unspecified atom stereocenters. The number of benzene rings is 1. The van der Waals surface area contributed by atoms with Gasteiger partial charge in [-0.3, -0.25) is 9.69 Å². The van der Waals surface area contributed by atoms with Crippen molar-refractivity contribution in [2.24, 2.45) is 11.8 Å². The summed E-state index contributed by atoms with van der Waals surface area (Å²) in [7, 11) is 3.15. The number of hydrogen-bond acceptors (Lipinski definition) is 5. The average molecular weight is 333 g/mol. The Morgan fingerprint density at radius 1 is 1.29 bits per heavy atom. The van der Waals surface area contributed by atoms with Crippen molar-refractivity contribution < 1.29 is 19.1 Å². The zero-order valence-electron chi connectivity index (χ0n) is 14.0. The van der Waals surface area contributed by atoms with Crippen LogP contribution in [-0.2, 0) is 11.3 Å². The van der Waals surface area contributed by atoms with Crippen molar-refractivity contribution in [1.29, 1.82) is 0 Å². The maximum absolute atomic E-state index is 12.4. The lowest BCUT2D eigenvalue weighted by molar-refractivity contribution is -0.137. The first-order chi connectivity index (χ1) is 11.6. The Kier molecular flexibility index (Phi) is 4.89. The molecule has 2 aliphatic heterocycles. The fraction of sp³-hybridized carbons (Fsp3) is 0.529. The Balaban J connectivity index is 1.62. The van der Waals surface area contributed by atoms with Crippen LogP contribution < -0.4 is 20.1 Å². The molecule has 2 saturated heterocycles. The van der Waals surface area contributed by atoms with E-state index in [-0.39, 0.29) is 17.9 Å². The molecule has 3 rings (SSSR count). The molecular weight excluding hydrogens is 310 g/mol. The molecule has 24 heavy (non-hydrogen) atoms. The lowest BCUT2D eigenvalue weighted by Crippen LogP contribution is -2.58. The molecule has 2 atom stereocenters. The van der Waals surface area contributed by atoms with Gasteiger partial charge in [-0.25, -0.2) is 4.79 Å². The molecule has 0 aromatic heterocycles. The third-order valence-electron chi connectivity index (χ3n) is 4.63. The van der Waals surface area contributed by atoms with Crippen molar-refractivity contribution in [1.82, 2.24) is 15.5 Å². The number of amides is 3. The summed E-state index contributed by atoms with van der Waals surface area (Å²) in [6.07, 6.45) is 0.880. The maximum atomic E-state index is 12.4. The zero-order chi connectivity index (χ0) is 17.1. The third kappa shape index (κ3) is 3.31. The Bertz CT molecular complexity index is 634. The highest BCUT2D eigenvalue weighted by atomic mass is 16.5. The fourth-order valence-corrected chi connectivity index (χ4v) is 3.37. The smallest absolute Gasteiger partial charge is 0.324 e. The summed E-state index contributed by atoms with van der Waals surface area (Å²) >= 11 is 0. The highest BCUT2D eigenvalue weighted by Crippen LogP contribution is 2.28. The molecule has 0 radical (unpaired) electrons. The van der Waals surface area contributed by atoms with Gasteiger partial charge in [-0.05, 0) is 36.6 Å². The summed E-state index contributed by atoms with van der Waals surface area (Å²) in [6, 6.07) is 5.14. The second kappa shape index (κ2) is 7.09. The van der Waals surface area contributed by atoms with Crippen LogP contribution >= 0.6 is 0 Å². The first kappa shape index (κ1) is 16.6. The minimum atomic E-state index is -0.327. The summed E-state index contributed by atoms with van der Waals surface area (Å²) in [5.41, 5.74) is 0.882. The van der Waals surface area contributed by atoms with Crippen LogP contribution in [0.5, 0.6) is 11.5 Å². The second-order valence-electron chi connectivity index (χ2n) is 6.25. The standard InChI is InChI=1S/C17H23N3O4/c1-23-14-4-3-11(6-15(14)24-2)8-19-17(22)20-10-12-5-13(16(20)21)9-18-7-12/h3-4,6,12-13,18H,5,7-10H2,1-2H3,(H,19,22). The average Bonchev–Trinajstić information content (AvgIpc) is 2.62. The van der Waals surface area contributed by atoms with E-state index in [1.807, 2.05) is 12.1 Å². The van der Waals surface area contributed by atoms with E-state index >= 15 is 0 Å². The second-order valence-corrected chi connectivity index (χ2v) is 6.25. The van der Waals surface area contributed by atoms with Gasteiger partial charge in [0.25, 0.3) is 0 Å². The van der Waals surface area contributed by atoms with Crippen molar-refractivity contribution >= 4 is 11.9 Å². The van der Waals surface area contributed by atoms with Gasteiger partial charge in [-0.15, -0.1) is 0 Å². The number of hydrogen-bond donors (Lipinski definition) is 2. The fourth-order valence-electron chi connectivity index (χ4n) is 3.37. The van der Waals surface area contributed by atoms with Crippen LogP contribution in [0.3, 0.4) is 0 Å². The molecule has 0 spiro atoms. The van der Waals surface area contributed by atoms with Crippen molar-refractivity contribution in [3.8, 4) is 11.5 Å².